The number of benzene rings is 1. The summed E-state index contributed by atoms with van der Waals surface area (Å²) in [6.07, 6.45) is -0.325. The van der Waals surface area contributed by atoms with Crippen LogP contribution in [0.25, 0.3) is 0 Å². The molecule has 0 aliphatic rings. The van der Waals surface area contributed by atoms with Gasteiger partial charge in [0.2, 0.25) is 0 Å². The molecule has 0 atom stereocenters. The Kier molecular flexibility index (Phi) is 2.45. The van der Waals surface area contributed by atoms with Crippen molar-refractivity contribution in [2.75, 3.05) is 0 Å². The van der Waals surface area contributed by atoms with Crippen LogP contribution in [0.15, 0.2) is 18.2 Å². The predicted octanol–water partition coefficient (Wildman–Crippen LogP) is 2.59. The lowest BCUT2D eigenvalue weighted by atomic mass is 9.99. The summed E-state index contributed by atoms with van der Waals surface area (Å²) >= 11 is 0. The van der Waals surface area contributed by atoms with Crippen LogP contribution in [0, 0.1) is 13.8 Å². The van der Waals surface area contributed by atoms with Crippen LogP contribution in [-0.4, -0.2) is 6.29 Å². The van der Waals surface area contributed by atoms with Crippen LogP contribution < -0.4 is 0 Å². The number of hydrogen-bond donors (Lipinski definition) is 0. The average Bonchev–Trinajstić information content (AvgIpc) is 2.09. The topological polar surface area (TPSA) is 17.1 Å². The molecule has 70 valence electrons. The van der Waals surface area contributed by atoms with E-state index in [9.17, 15) is 13.6 Å². The van der Waals surface area contributed by atoms with Crippen molar-refractivity contribution in [2.45, 2.75) is 19.8 Å². The first-order valence-corrected chi connectivity index (χ1v) is 3.90. The van der Waals surface area contributed by atoms with E-state index in [1.54, 1.807) is 19.9 Å². The lowest BCUT2D eigenvalue weighted by Gasteiger charge is -2.13. The third-order valence-corrected chi connectivity index (χ3v) is 2.11. The van der Waals surface area contributed by atoms with E-state index >= 15 is 0 Å². The molecule has 0 aliphatic heterocycles. The molecule has 1 aromatic carbocycles. The molecule has 0 saturated heterocycles. The quantitative estimate of drug-likeness (QED) is 0.645. The molecule has 1 rings (SSSR count). The third-order valence-electron chi connectivity index (χ3n) is 2.11. The molecule has 0 unspecified atom stereocenters. The number of alkyl halides is 2. The highest BCUT2D eigenvalue weighted by atomic mass is 19.3. The van der Waals surface area contributed by atoms with E-state index in [0.29, 0.717) is 5.56 Å². The minimum Gasteiger partial charge on any atom is -0.296 e. The second-order valence-corrected chi connectivity index (χ2v) is 2.99. The SMILES string of the molecule is Cc1cccc(C(F)(F)C=O)c1C. The standard InChI is InChI=1S/C10H10F2O/c1-7-4-3-5-9(8(7)2)10(11,12)6-13/h3-6H,1-2H3. The number of carbonyl (C=O) groups is 1. The van der Waals surface area contributed by atoms with Gasteiger partial charge in [0.05, 0.1) is 0 Å². The second-order valence-electron chi connectivity index (χ2n) is 2.99. The largest absolute Gasteiger partial charge is 0.327 e. The highest BCUT2D eigenvalue weighted by Gasteiger charge is 2.32. The highest BCUT2D eigenvalue weighted by molar-refractivity contribution is 5.64. The summed E-state index contributed by atoms with van der Waals surface area (Å²) in [4.78, 5) is 10.1. The molecule has 0 aromatic heterocycles. The number of hydrogen-bond acceptors (Lipinski definition) is 1. The number of halogens is 2. The molecule has 0 spiro atoms. The van der Waals surface area contributed by atoms with Gasteiger partial charge in [-0.25, -0.2) is 0 Å². The average molecular weight is 184 g/mol. The van der Waals surface area contributed by atoms with Crippen LogP contribution in [-0.2, 0) is 10.7 Å². The van der Waals surface area contributed by atoms with Gasteiger partial charge in [-0.05, 0) is 25.0 Å². The smallest absolute Gasteiger partial charge is 0.296 e. The zero-order valence-corrected chi connectivity index (χ0v) is 7.47. The molecule has 0 amide bonds. The Morgan fingerprint density at radius 2 is 1.92 bits per heavy atom. The molecule has 3 heteroatoms. The van der Waals surface area contributed by atoms with Crippen molar-refractivity contribution in [1.82, 2.24) is 0 Å². The van der Waals surface area contributed by atoms with Crippen molar-refractivity contribution in [2.24, 2.45) is 0 Å². The van der Waals surface area contributed by atoms with Gasteiger partial charge in [0.25, 0.3) is 0 Å². The molecular formula is C10H10F2O. The fourth-order valence-electron chi connectivity index (χ4n) is 1.18. The normalized spacial score (nSPS) is 11.4. The van der Waals surface area contributed by atoms with Crippen molar-refractivity contribution < 1.29 is 13.6 Å². The highest BCUT2D eigenvalue weighted by Crippen LogP contribution is 2.29. The zero-order chi connectivity index (χ0) is 10.1. The minimum absolute atomic E-state index is 0.206. The summed E-state index contributed by atoms with van der Waals surface area (Å²) in [5.74, 6) is -3.36. The molecule has 0 bridgehead atoms. The van der Waals surface area contributed by atoms with Crippen LogP contribution in [0.1, 0.15) is 16.7 Å². The zero-order valence-electron chi connectivity index (χ0n) is 7.47. The van der Waals surface area contributed by atoms with Gasteiger partial charge in [0, 0.05) is 5.56 Å². The minimum atomic E-state index is -3.36. The van der Waals surface area contributed by atoms with Crippen molar-refractivity contribution in [3.63, 3.8) is 0 Å². The molecule has 1 nitrogen and oxygen atoms in total. The maximum absolute atomic E-state index is 13.0. The number of aldehydes is 1. The van der Waals surface area contributed by atoms with Crippen molar-refractivity contribution in [3.05, 3.63) is 34.9 Å². The molecule has 0 radical (unpaired) electrons. The Morgan fingerprint density at radius 3 is 2.46 bits per heavy atom. The van der Waals surface area contributed by atoms with Gasteiger partial charge >= 0.3 is 5.92 Å². The maximum Gasteiger partial charge on any atom is 0.327 e. The van der Waals surface area contributed by atoms with E-state index < -0.39 is 5.92 Å². The van der Waals surface area contributed by atoms with Gasteiger partial charge in [-0.15, -0.1) is 0 Å². The van der Waals surface area contributed by atoms with Crippen molar-refractivity contribution >= 4 is 6.29 Å². The molecule has 0 N–H and O–H groups in total. The summed E-state index contributed by atoms with van der Waals surface area (Å²) in [6, 6.07) is 4.53. The van der Waals surface area contributed by atoms with Gasteiger partial charge in [-0.3, -0.25) is 4.79 Å². The Balaban J connectivity index is 3.30. The molecule has 1 aromatic rings. The summed E-state index contributed by atoms with van der Waals surface area (Å²) < 4.78 is 25.9. The third kappa shape index (κ3) is 1.74. The number of aryl methyl sites for hydroxylation is 1. The number of carbonyl (C=O) groups excluding carboxylic acids is 1. The number of rotatable bonds is 2. The molecular weight excluding hydrogens is 174 g/mol. The van der Waals surface area contributed by atoms with E-state index in [1.165, 1.54) is 12.1 Å². The lowest BCUT2D eigenvalue weighted by molar-refractivity contribution is -0.130. The fourth-order valence-corrected chi connectivity index (χ4v) is 1.18. The monoisotopic (exact) mass is 184 g/mol. The first kappa shape index (κ1) is 9.84. The van der Waals surface area contributed by atoms with Crippen LogP contribution >= 0.6 is 0 Å². The Morgan fingerprint density at radius 1 is 1.31 bits per heavy atom. The molecule has 0 fully saturated rings. The van der Waals surface area contributed by atoms with Crippen LogP contribution in [0.4, 0.5) is 8.78 Å². The molecule has 0 aliphatic carbocycles. The fraction of sp³-hybridized carbons (Fsp3) is 0.300. The summed E-state index contributed by atoms with van der Waals surface area (Å²) in [5, 5.41) is 0. The van der Waals surface area contributed by atoms with E-state index in [4.69, 9.17) is 0 Å². The lowest BCUT2D eigenvalue weighted by Crippen LogP contribution is -2.16. The molecule has 13 heavy (non-hydrogen) atoms. The maximum atomic E-state index is 13.0. The summed E-state index contributed by atoms with van der Waals surface area (Å²) in [5.41, 5.74) is 1.03. The van der Waals surface area contributed by atoms with E-state index in [2.05, 4.69) is 0 Å². The van der Waals surface area contributed by atoms with Crippen molar-refractivity contribution in [3.8, 4) is 0 Å². The summed E-state index contributed by atoms with van der Waals surface area (Å²) in [7, 11) is 0. The summed E-state index contributed by atoms with van der Waals surface area (Å²) in [6.45, 7) is 3.32. The molecule has 0 heterocycles. The van der Waals surface area contributed by atoms with E-state index in [-0.39, 0.29) is 11.8 Å². The van der Waals surface area contributed by atoms with Crippen LogP contribution in [0.2, 0.25) is 0 Å². The second kappa shape index (κ2) is 3.24. The van der Waals surface area contributed by atoms with E-state index in [0.717, 1.165) is 5.56 Å². The molecule has 0 saturated carbocycles. The first-order chi connectivity index (χ1) is 5.99. The van der Waals surface area contributed by atoms with Crippen LogP contribution in [0.5, 0.6) is 0 Å². The Bertz CT molecular complexity index is 332. The predicted molar refractivity (Wildman–Crippen MR) is 45.9 cm³/mol. The van der Waals surface area contributed by atoms with Crippen molar-refractivity contribution in [1.29, 1.82) is 0 Å². The van der Waals surface area contributed by atoms with Gasteiger partial charge in [0.15, 0.2) is 6.29 Å². The Hall–Kier alpha value is -1.25. The van der Waals surface area contributed by atoms with Crippen LogP contribution in [0.3, 0.4) is 0 Å². The Labute approximate surface area is 75.4 Å². The van der Waals surface area contributed by atoms with Gasteiger partial charge < -0.3 is 0 Å². The van der Waals surface area contributed by atoms with Gasteiger partial charge in [-0.2, -0.15) is 8.78 Å². The van der Waals surface area contributed by atoms with Gasteiger partial charge in [-0.1, -0.05) is 18.2 Å². The van der Waals surface area contributed by atoms with Gasteiger partial charge in [0.1, 0.15) is 0 Å². The van der Waals surface area contributed by atoms with E-state index in [1.807, 2.05) is 0 Å². The first-order valence-electron chi connectivity index (χ1n) is 3.90.